The standard InChI is InChI=1S/C26H33N3O3S/c1-3-8-33-26-22(14-27-29(26)18-6-4-16(5-7-18)13-23(30)31)25(32)28-24-20-10-15(2)9-17-11-19(20)21(24)12-17/h4-7,14-15,17,19-21,24H,3,8-13H2,1-2H3,(H,28,32)(H,30,31)/t15-,17+,19?,20-,21-,24?/m0/s1. The Kier molecular flexibility index (Phi) is 6.25. The molecule has 2 unspecified atom stereocenters. The SMILES string of the molecule is CCCSc1c(C(=O)NC2[C@H]3C[C@@H](C)C[C@@H]4CC3[C@@H]2C4)cnn1-c1ccc(CC(=O)O)cc1. The average Bonchev–Trinajstić information content (AvgIpc) is 3.32. The van der Waals surface area contributed by atoms with E-state index in [1.54, 1.807) is 18.0 Å². The molecule has 0 radical (unpaired) electrons. The molecule has 1 amide bonds. The van der Waals surface area contributed by atoms with Crippen molar-refractivity contribution in [3.63, 3.8) is 0 Å². The quantitative estimate of drug-likeness (QED) is 0.545. The van der Waals surface area contributed by atoms with Crippen LogP contribution in [-0.2, 0) is 11.2 Å². The van der Waals surface area contributed by atoms with Gasteiger partial charge in [-0.2, -0.15) is 5.10 Å². The van der Waals surface area contributed by atoms with Crippen LogP contribution in [0.1, 0.15) is 61.9 Å². The maximum Gasteiger partial charge on any atom is 0.307 e. The average molecular weight is 468 g/mol. The fourth-order valence-corrected chi connectivity index (χ4v) is 7.56. The molecule has 3 saturated carbocycles. The lowest BCUT2D eigenvalue weighted by molar-refractivity contribution is -0.136. The number of amides is 1. The topological polar surface area (TPSA) is 84.2 Å². The van der Waals surface area contributed by atoms with Crippen molar-refractivity contribution >= 4 is 23.6 Å². The second-order valence-corrected chi connectivity index (χ2v) is 11.3. The van der Waals surface area contributed by atoms with Crippen molar-refractivity contribution in [3.05, 3.63) is 41.6 Å². The van der Waals surface area contributed by atoms with Gasteiger partial charge in [-0.1, -0.05) is 26.0 Å². The van der Waals surface area contributed by atoms with Gasteiger partial charge >= 0.3 is 5.97 Å². The van der Waals surface area contributed by atoms with E-state index in [4.69, 9.17) is 5.11 Å². The number of nitrogens with one attached hydrogen (secondary N) is 1. The summed E-state index contributed by atoms with van der Waals surface area (Å²) in [5.41, 5.74) is 2.23. The molecule has 3 aliphatic carbocycles. The molecule has 2 aromatic rings. The number of hydrogen-bond acceptors (Lipinski definition) is 4. The molecule has 7 heteroatoms. The highest BCUT2D eigenvalue weighted by Crippen LogP contribution is 2.59. The number of carbonyl (C=O) groups is 2. The van der Waals surface area contributed by atoms with Crippen LogP contribution in [0.2, 0.25) is 0 Å². The Morgan fingerprint density at radius 3 is 2.58 bits per heavy atom. The summed E-state index contributed by atoms with van der Waals surface area (Å²) in [7, 11) is 0. The second kappa shape index (κ2) is 9.16. The van der Waals surface area contributed by atoms with Crippen LogP contribution in [0.25, 0.3) is 5.69 Å². The van der Waals surface area contributed by atoms with E-state index in [2.05, 4.69) is 24.3 Å². The minimum Gasteiger partial charge on any atom is -0.481 e. The van der Waals surface area contributed by atoms with Crippen molar-refractivity contribution in [1.29, 1.82) is 0 Å². The minimum absolute atomic E-state index is 0.00528. The molecular formula is C26H33N3O3S. The largest absolute Gasteiger partial charge is 0.481 e. The van der Waals surface area contributed by atoms with Gasteiger partial charge in [0, 0.05) is 6.04 Å². The predicted molar refractivity (Wildman–Crippen MR) is 129 cm³/mol. The lowest BCUT2D eigenvalue weighted by Gasteiger charge is -2.50. The number of benzene rings is 1. The van der Waals surface area contributed by atoms with Crippen LogP contribution in [0.5, 0.6) is 0 Å². The summed E-state index contributed by atoms with van der Waals surface area (Å²) >= 11 is 1.65. The third-order valence-corrected chi connectivity index (χ3v) is 9.17. The van der Waals surface area contributed by atoms with E-state index in [9.17, 15) is 9.59 Å². The van der Waals surface area contributed by atoms with Gasteiger partial charge in [-0.25, -0.2) is 4.68 Å². The van der Waals surface area contributed by atoms with Gasteiger partial charge in [-0.3, -0.25) is 9.59 Å². The summed E-state index contributed by atoms with van der Waals surface area (Å²) in [5, 5.41) is 17.9. The molecule has 2 bridgehead atoms. The molecule has 5 rings (SSSR count). The number of nitrogens with zero attached hydrogens (tertiary/aromatic N) is 2. The maximum absolute atomic E-state index is 13.4. The van der Waals surface area contributed by atoms with E-state index < -0.39 is 5.97 Å². The molecule has 33 heavy (non-hydrogen) atoms. The number of hydrogen-bond donors (Lipinski definition) is 2. The molecular weight excluding hydrogens is 434 g/mol. The summed E-state index contributed by atoms with van der Waals surface area (Å²) in [6.07, 6.45) is 7.92. The molecule has 0 aliphatic heterocycles. The third-order valence-electron chi connectivity index (χ3n) is 7.89. The first kappa shape index (κ1) is 22.5. The lowest BCUT2D eigenvalue weighted by Crippen LogP contribution is -2.58. The number of thioether (sulfide) groups is 1. The van der Waals surface area contributed by atoms with E-state index in [0.29, 0.717) is 23.4 Å². The van der Waals surface area contributed by atoms with Crippen LogP contribution in [0.15, 0.2) is 35.5 Å². The van der Waals surface area contributed by atoms with Crippen LogP contribution in [0.4, 0.5) is 0 Å². The molecule has 1 aromatic carbocycles. The van der Waals surface area contributed by atoms with Gasteiger partial charge in [0.1, 0.15) is 5.03 Å². The number of rotatable bonds is 8. The lowest BCUT2D eigenvalue weighted by atomic mass is 9.59. The smallest absolute Gasteiger partial charge is 0.307 e. The van der Waals surface area contributed by atoms with Crippen molar-refractivity contribution in [3.8, 4) is 5.69 Å². The first-order chi connectivity index (χ1) is 15.9. The molecule has 3 aliphatic rings. The molecule has 0 saturated heterocycles. The summed E-state index contributed by atoms with van der Waals surface area (Å²) in [5.74, 6) is 3.75. The predicted octanol–water partition coefficient (Wildman–Crippen LogP) is 4.80. The Hall–Kier alpha value is -2.28. The number of fused-ring (bicyclic) bond motifs is 1. The molecule has 6 atom stereocenters. The zero-order valence-corrected chi connectivity index (χ0v) is 20.2. The first-order valence-corrected chi connectivity index (χ1v) is 13.3. The van der Waals surface area contributed by atoms with Gasteiger partial charge < -0.3 is 10.4 Å². The molecule has 3 fully saturated rings. The number of aliphatic carboxylic acids is 1. The third kappa shape index (κ3) is 4.32. The van der Waals surface area contributed by atoms with Crippen molar-refractivity contribution in [2.45, 2.75) is 63.4 Å². The van der Waals surface area contributed by atoms with E-state index in [-0.39, 0.29) is 12.3 Å². The van der Waals surface area contributed by atoms with Gasteiger partial charge in [0.05, 0.1) is 23.9 Å². The van der Waals surface area contributed by atoms with E-state index in [0.717, 1.165) is 46.2 Å². The van der Waals surface area contributed by atoms with E-state index >= 15 is 0 Å². The number of carboxylic acids is 1. The number of carboxylic acid groups (broad SMARTS) is 1. The zero-order valence-electron chi connectivity index (χ0n) is 19.4. The Morgan fingerprint density at radius 2 is 1.85 bits per heavy atom. The zero-order chi connectivity index (χ0) is 23.1. The van der Waals surface area contributed by atoms with Gasteiger partial charge in [0.2, 0.25) is 0 Å². The normalized spacial score (nSPS) is 29.9. The number of carbonyl (C=O) groups excluding carboxylic acids is 1. The summed E-state index contributed by atoms with van der Waals surface area (Å²) < 4.78 is 1.82. The maximum atomic E-state index is 13.4. The molecule has 2 N–H and O–H groups in total. The molecule has 1 aromatic heterocycles. The number of aromatic nitrogens is 2. The van der Waals surface area contributed by atoms with Gasteiger partial charge in [0.15, 0.2) is 0 Å². The fourth-order valence-electron chi connectivity index (χ4n) is 6.59. The second-order valence-electron chi connectivity index (χ2n) is 10.3. The van der Waals surface area contributed by atoms with Crippen LogP contribution < -0.4 is 5.32 Å². The van der Waals surface area contributed by atoms with Crippen LogP contribution in [0.3, 0.4) is 0 Å². The fraction of sp³-hybridized carbons (Fsp3) is 0.577. The Balaban J connectivity index is 1.36. The highest BCUT2D eigenvalue weighted by Gasteiger charge is 2.57. The van der Waals surface area contributed by atoms with Gasteiger partial charge in [0.25, 0.3) is 5.91 Å². The van der Waals surface area contributed by atoms with Gasteiger partial charge in [-0.05, 0) is 85.1 Å². The van der Waals surface area contributed by atoms with Crippen molar-refractivity contribution in [2.24, 2.45) is 29.6 Å². The van der Waals surface area contributed by atoms with Crippen LogP contribution >= 0.6 is 11.8 Å². The van der Waals surface area contributed by atoms with E-state index in [1.165, 1.54) is 25.7 Å². The summed E-state index contributed by atoms with van der Waals surface area (Å²) in [6.45, 7) is 4.50. The summed E-state index contributed by atoms with van der Waals surface area (Å²) in [4.78, 5) is 24.4. The molecule has 6 nitrogen and oxygen atoms in total. The van der Waals surface area contributed by atoms with Crippen molar-refractivity contribution in [1.82, 2.24) is 15.1 Å². The van der Waals surface area contributed by atoms with E-state index in [1.807, 2.05) is 28.9 Å². The first-order valence-electron chi connectivity index (χ1n) is 12.3. The van der Waals surface area contributed by atoms with Crippen molar-refractivity contribution in [2.75, 3.05) is 5.75 Å². The van der Waals surface area contributed by atoms with Crippen molar-refractivity contribution < 1.29 is 14.7 Å². The Labute approximate surface area is 199 Å². The minimum atomic E-state index is -0.848. The monoisotopic (exact) mass is 467 g/mol. The molecule has 176 valence electrons. The van der Waals surface area contributed by atoms with Crippen LogP contribution in [0, 0.1) is 29.6 Å². The van der Waals surface area contributed by atoms with Crippen LogP contribution in [-0.4, -0.2) is 38.6 Å². The summed E-state index contributed by atoms with van der Waals surface area (Å²) in [6, 6.07) is 7.68. The Morgan fingerprint density at radius 1 is 1.12 bits per heavy atom. The molecule has 0 spiro atoms. The highest BCUT2D eigenvalue weighted by atomic mass is 32.2. The highest BCUT2D eigenvalue weighted by molar-refractivity contribution is 7.99. The Bertz CT molecular complexity index is 1030. The van der Waals surface area contributed by atoms with Gasteiger partial charge in [-0.15, -0.1) is 11.8 Å². The molecule has 1 heterocycles.